The molecule has 1 aromatic carbocycles. The average Bonchev–Trinajstić information content (AvgIpc) is 3.08. The van der Waals surface area contributed by atoms with Crippen molar-refractivity contribution in [2.45, 2.75) is 25.4 Å². The Balaban J connectivity index is 0.00000128. The van der Waals surface area contributed by atoms with Gasteiger partial charge in [0, 0.05) is 12.6 Å². The van der Waals surface area contributed by atoms with Crippen LogP contribution in [0, 0.1) is 12.3 Å². The van der Waals surface area contributed by atoms with Crippen molar-refractivity contribution in [2.24, 2.45) is 0 Å². The molecule has 0 saturated heterocycles. The summed E-state index contributed by atoms with van der Waals surface area (Å²) in [4.78, 5) is 0. The van der Waals surface area contributed by atoms with Crippen LogP contribution in [0.15, 0.2) is 24.3 Å². The van der Waals surface area contributed by atoms with Crippen molar-refractivity contribution in [3.05, 3.63) is 29.8 Å². The minimum Gasteiger partial charge on any atom is -0.481 e. The van der Waals surface area contributed by atoms with Crippen molar-refractivity contribution in [3.63, 3.8) is 0 Å². The predicted octanol–water partition coefficient (Wildman–Crippen LogP) is 2.37. The number of rotatable bonds is 5. The van der Waals surface area contributed by atoms with Crippen LogP contribution in [-0.2, 0) is 6.54 Å². The van der Waals surface area contributed by atoms with Crippen LogP contribution in [0.3, 0.4) is 0 Å². The summed E-state index contributed by atoms with van der Waals surface area (Å²) >= 11 is 0. The van der Waals surface area contributed by atoms with Gasteiger partial charge in [-0.25, -0.2) is 0 Å². The molecular weight excluding hydrogens is 222 g/mol. The minimum absolute atomic E-state index is 0. The molecule has 0 unspecified atom stereocenters. The van der Waals surface area contributed by atoms with E-state index in [1.807, 2.05) is 18.2 Å². The summed E-state index contributed by atoms with van der Waals surface area (Å²) in [6, 6.07) is 8.79. The van der Waals surface area contributed by atoms with E-state index in [9.17, 15) is 0 Å². The van der Waals surface area contributed by atoms with E-state index in [0.717, 1.165) is 18.3 Å². The lowest BCUT2D eigenvalue weighted by Crippen LogP contribution is -2.15. The minimum atomic E-state index is 0. The normalized spacial score (nSPS) is 13.7. The van der Waals surface area contributed by atoms with Crippen LogP contribution >= 0.6 is 12.4 Å². The molecule has 0 atom stereocenters. The molecule has 2 rings (SSSR count). The molecule has 16 heavy (non-hydrogen) atoms. The molecule has 0 spiro atoms. The molecule has 3 heteroatoms. The van der Waals surface area contributed by atoms with Crippen LogP contribution in [-0.4, -0.2) is 12.6 Å². The highest BCUT2D eigenvalue weighted by atomic mass is 35.5. The van der Waals surface area contributed by atoms with Gasteiger partial charge in [0.05, 0.1) is 0 Å². The number of ether oxygens (including phenoxy) is 1. The number of nitrogens with one attached hydrogen (secondary N) is 1. The first kappa shape index (κ1) is 12.9. The van der Waals surface area contributed by atoms with Crippen LogP contribution in [0.2, 0.25) is 0 Å². The van der Waals surface area contributed by atoms with Crippen LogP contribution in [0.1, 0.15) is 18.4 Å². The van der Waals surface area contributed by atoms with E-state index in [0.29, 0.717) is 6.61 Å². The fourth-order valence-corrected chi connectivity index (χ4v) is 1.42. The Labute approximate surface area is 103 Å². The summed E-state index contributed by atoms with van der Waals surface area (Å²) < 4.78 is 5.35. The van der Waals surface area contributed by atoms with Gasteiger partial charge in [0.1, 0.15) is 12.4 Å². The van der Waals surface area contributed by atoms with Crippen LogP contribution < -0.4 is 10.1 Å². The van der Waals surface area contributed by atoms with Gasteiger partial charge in [-0.15, -0.1) is 18.8 Å². The number of halogens is 1. The Morgan fingerprint density at radius 1 is 1.44 bits per heavy atom. The second-order valence-electron chi connectivity index (χ2n) is 3.80. The Bertz CT molecular complexity index is 368. The highest BCUT2D eigenvalue weighted by Crippen LogP contribution is 2.20. The van der Waals surface area contributed by atoms with Crippen LogP contribution in [0.4, 0.5) is 0 Å². The number of benzene rings is 1. The van der Waals surface area contributed by atoms with Crippen LogP contribution in [0.5, 0.6) is 5.75 Å². The molecule has 0 radical (unpaired) electrons. The third-order valence-electron chi connectivity index (χ3n) is 2.39. The molecule has 1 saturated carbocycles. The maximum atomic E-state index is 5.35. The Morgan fingerprint density at radius 2 is 2.25 bits per heavy atom. The molecule has 2 nitrogen and oxygen atoms in total. The second-order valence-corrected chi connectivity index (χ2v) is 3.80. The molecule has 0 bridgehead atoms. The standard InChI is InChI=1S/C13H15NO.ClH/c1-2-8-15-13-5-3-4-11(9-13)10-14-12-6-7-12;/h1,3-5,9,12,14H,6-8,10H2;1H. The van der Waals surface area contributed by atoms with Gasteiger partial charge in [-0.05, 0) is 30.5 Å². The third-order valence-corrected chi connectivity index (χ3v) is 2.39. The quantitative estimate of drug-likeness (QED) is 0.794. The zero-order valence-corrected chi connectivity index (χ0v) is 9.93. The van der Waals surface area contributed by atoms with Crippen molar-refractivity contribution in [1.29, 1.82) is 0 Å². The summed E-state index contributed by atoms with van der Waals surface area (Å²) in [6.07, 6.45) is 7.76. The molecule has 0 aliphatic heterocycles. The topological polar surface area (TPSA) is 21.3 Å². The summed E-state index contributed by atoms with van der Waals surface area (Å²) in [7, 11) is 0. The first-order valence-corrected chi connectivity index (χ1v) is 5.27. The number of hydrogen-bond donors (Lipinski definition) is 1. The molecular formula is C13H16ClNO. The maximum Gasteiger partial charge on any atom is 0.148 e. The van der Waals surface area contributed by atoms with Gasteiger partial charge in [-0.3, -0.25) is 0 Å². The van der Waals surface area contributed by atoms with Gasteiger partial charge in [0.25, 0.3) is 0 Å². The average molecular weight is 238 g/mol. The number of terminal acetylenes is 1. The fourth-order valence-electron chi connectivity index (χ4n) is 1.42. The first-order chi connectivity index (χ1) is 7.38. The molecule has 1 aliphatic rings. The zero-order valence-electron chi connectivity index (χ0n) is 9.11. The van der Waals surface area contributed by atoms with Crippen molar-refractivity contribution in [3.8, 4) is 18.1 Å². The molecule has 0 amide bonds. The molecule has 86 valence electrons. The highest BCUT2D eigenvalue weighted by molar-refractivity contribution is 5.85. The van der Waals surface area contributed by atoms with E-state index in [-0.39, 0.29) is 12.4 Å². The Hall–Kier alpha value is -1.17. The van der Waals surface area contributed by atoms with Gasteiger partial charge >= 0.3 is 0 Å². The lowest BCUT2D eigenvalue weighted by atomic mass is 10.2. The molecule has 1 aliphatic carbocycles. The van der Waals surface area contributed by atoms with E-state index in [4.69, 9.17) is 11.2 Å². The van der Waals surface area contributed by atoms with E-state index in [1.54, 1.807) is 0 Å². The van der Waals surface area contributed by atoms with E-state index >= 15 is 0 Å². The zero-order chi connectivity index (χ0) is 10.5. The van der Waals surface area contributed by atoms with E-state index in [1.165, 1.54) is 18.4 Å². The van der Waals surface area contributed by atoms with Gasteiger partial charge in [-0.2, -0.15) is 0 Å². The Kier molecular flexibility index (Phi) is 5.18. The lowest BCUT2D eigenvalue weighted by Gasteiger charge is -2.06. The summed E-state index contributed by atoms with van der Waals surface area (Å²) in [6.45, 7) is 1.25. The largest absolute Gasteiger partial charge is 0.481 e. The first-order valence-electron chi connectivity index (χ1n) is 5.27. The van der Waals surface area contributed by atoms with Crippen molar-refractivity contribution in [1.82, 2.24) is 5.32 Å². The molecule has 1 aromatic rings. The molecule has 0 aromatic heterocycles. The van der Waals surface area contributed by atoms with Crippen molar-refractivity contribution in [2.75, 3.05) is 6.61 Å². The van der Waals surface area contributed by atoms with Crippen molar-refractivity contribution >= 4 is 12.4 Å². The summed E-state index contributed by atoms with van der Waals surface area (Å²) in [5.74, 6) is 3.31. The highest BCUT2D eigenvalue weighted by Gasteiger charge is 2.19. The summed E-state index contributed by atoms with van der Waals surface area (Å²) in [5, 5.41) is 3.46. The van der Waals surface area contributed by atoms with Gasteiger partial charge in [-0.1, -0.05) is 18.1 Å². The third kappa shape index (κ3) is 4.14. The lowest BCUT2D eigenvalue weighted by molar-refractivity contribution is 0.370. The van der Waals surface area contributed by atoms with Crippen LogP contribution in [0.25, 0.3) is 0 Å². The van der Waals surface area contributed by atoms with E-state index < -0.39 is 0 Å². The second kappa shape index (κ2) is 6.42. The van der Waals surface area contributed by atoms with Gasteiger partial charge < -0.3 is 10.1 Å². The smallest absolute Gasteiger partial charge is 0.148 e. The Morgan fingerprint density at radius 3 is 2.94 bits per heavy atom. The summed E-state index contributed by atoms with van der Waals surface area (Å²) in [5.41, 5.74) is 1.25. The fraction of sp³-hybridized carbons (Fsp3) is 0.385. The molecule has 1 N–H and O–H groups in total. The van der Waals surface area contributed by atoms with Gasteiger partial charge in [0.15, 0.2) is 0 Å². The van der Waals surface area contributed by atoms with Gasteiger partial charge in [0.2, 0.25) is 0 Å². The molecule has 1 fully saturated rings. The number of hydrogen-bond acceptors (Lipinski definition) is 2. The SMILES string of the molecule is C#CCOc1cccc(CNC2CC2)c1.Cl. The van der Waals surface area contributed by atoms with E-state index in [2.05, 4.69) is 17.3 Å². The predicted molar refractivity (Wildman–Crippen MR) is 67.9 cm³/mol. The monoisotopic (exact) mass is 237 g/mol. The van der Waals surface area contributed by atoms with Crippen molar-refractivity contribution < 1.29 is 4.74 Å². The maximum absolute atomic E-state index is 5.35. The molecule has 0 heterocycles.